The summed E-state index contributed by atoms with van der Waals surface area (Å²) in [5, 5.41) is 0. The summed E-state index contributed by atoms with van der Waals surface area (Å²) < 4.78 is 9.86. The average Bonchev–Trinajstić information content (AvgIpc) is 2.39. The lowest BCUT2D eigenvalue weighted by Crippen LogP contribution is -2.18. The Balaban J connectivity index is 4.95. The summed E-state index contributed by atoms with van der Waals surface area (Å²) >= 11 is 5.63. The molecule has 0 aromatic heterocycles. The predicted molar refractivity (Wildman–Crippen MR) is 75.0 cm³/mol. The minimum atomic E-state index is -0.504. The third-order valence-corrected chi connectivity index (χ3v) is 2.62. The van der Waals surface area contributed by atoms with Crippen LogP contribution in [0.15, 0.2) is 24.3 Å². The number of carbonyl (C=O) groups excluding carboxylic acids is 2. The van der Waals surface area contributed by atoms with Gasteiger partial charge in [-0.25, -0.2) is 4.79 Å². The fourth-order valence-corrected chi connectivity index (χ4v) is 1.62. The molecule has 0 aliphatic carbocycles. The molecule has 0 saturated carbocycles. The maximum absolute atomic E-state index is 11.8. The van der Waals surface area contributed by atoms with Crippen LogP contribution in [0.5, 0.6) is 0 Å². The number of hydrogen-bond acceptors (Lipinski definition) is 4. The second-order valence-corrected chi connectivity index (χ2v) is 4.11. The fraction of sp³-hybridized carbons (Fsp3) is 0.571. The Morgan fingerprint density at radius 1 is 1.26 bits per heavy atom. The van der Waals surface area contributed by atoms with Crippen LogP contribution in [0.2, 0.25) is 0 Å². The molecule has 0 rings (SSSR count). The highest BCUT2D eigenvalue weighted by atomic mass is 35.5. The minimum Gasteiger partial charge on any atom is -0.466 e. The number of alkyl halides is 1. The van der Waals surface area contributed by atoms with Gasteiger partial charge in [-0.15, -0.1) is 11.6 Å². The summed E-state index contributed by atoms with van der Waals surface area (Å²) in [5.41, 5.74) is 0.273. The van der Waals surface area contributed by atoms with Gasteiger partial charge in [0, 0.05) is 5.88 Å². The molecular formula is C14H21ClO4. The van der Waals surface area contributed by atoms with Crippen LogP contribution in [0.25, 0.3) is 0 Å². The number of rotatable bonds is 9. The highest BCUT2D eigenvalue weighted by molar-refractivity contribution is 6.17. The van der Waals surface area contributed by atoms with Crippen molar-refractivity contribution in [3.63, 3.8) is 0 Å². The van der Waals surface area contributed by atoms with Crippen molar-refractivity contribution < 1.29 is 19.1 Å². The van der Waals surface area contributed by atoms with Crippen molar-refractivity contribution >= 4 is 23.5 Å². The standard InChI is InChI=1S/C14H21ClO4/c1-4-11(13(16)18-5-2)10-12(8-7-9-15)14(17)19-6-3/h4,10,12H,1,5-9H2,2-3H3/b11-10+. The molecule has 108 valence electrons. The van der Waals surface area contributed by atoms with E-state index in [1.807, 2.05) is 0 Å². The molecular weight excluding hydrogens is 268 g/mol. The number of ether oxygens (including phenoxy) is 2. The first-order chi connectivity index (χ1) is 9.10. The molecule has 0 amide bonds. The molecule has 19 heavy (non-hydrogen) atoms. The van der Waals surface area contributed by atoms with E-state index in [1.54, 1.807) is 13.8 Å². The van der Waals surface area contributed by atoms with Gasteiger partial charge < -0.3 is 9.47 Å². The van der Waals surface area contributed by atoms with E-state index in [0.29, 0.717) is 25.3 Å². The largest absolute Gasteiger partial charge is 0.466 e. The molecule has 0 saturated heterocycles. The van der Waals surface area contributed by atoms with Gasteiger partial charge in [0.25, 0.3) is 0 Å². The summed E-state index contributed by atoms with van der Waals surface area (Å²) in [6.07, 6.45) is 4.11. The molecule has 0 aromatic rings. The van der Waals surface area contributed by atoms with Crippen LogP contribution in [0.4, 0.5) is 0 Å². The Bertz CT molecular complexity index is 336. The SMILES string of the molecule is C=C/C(=C\C(CCCCl)C(=O)OCC)C(=O)OCC. The monoisotopic (exact) mass is 288 g/mol. The summed E-state index contributed by atoms with van der Waals surface area (Å²) in [6, 6.07) is 0. The predicted octanol–water partition coefficient (Wildman–Crippen LogP) is 2.86. The van der Waals surface area contributed by atoms with Gasteiger partial charge in [0.2, 0.25) is 0 Å². The molecule has 4 nitrogen and oxygen atoms in total. The highest BCUT2D eigenvalue weighted by Crippen LogP contribution is 2.15. The molecule has 1 unspecified atom stereocenters. The molecule has 0 fully saturated rings. The zero-order chi connectivity index (χ0) is 14.7. The second-order valence-electron chi connectivity index (χ2n) is 3.74. The Labute approximate surface area is 119 Å². The van der Waals surface area contributed by atoms with Crippen molar-refractivity contribution in [3.05, 3.63) is 24.3 Å². The smallest absolute Gasteiger partial charge is 0.337 e. The topological polar surface area (TPSA) is 52.6 Å². The number of hydrogen-bond donors (Lipinski definition) is 0. The lowest BCUT2D eigenvalue weighted by Gasteiger charge is -2.12. The molecule has 5 heteroatoms. The van der Waals surface area contributed by atoms with Crippen LogP contribution in [0.1, 0.15) is 26.7 Å². The van der Waals surface area contributed by atoms with E-state index in [9.17, 15) is 9.59 Å². The molecule has 0 aliphatic rings. The van der Waals surface area contributed by atoms with Crippen LogP contribution in [0.3, 0.4) is 0 Å². The van der Waals surface area contributed by atoms with Gasteiger partial charge in [-0.3, -0.25) is 4.79 Å². The Morgan fingerprint density at radius 3 is 2.37 bits per heavy atom. The van der Waals surface area contributed by atoms with E-state index in [2.05, 4.69) is 6.58 Å². The van der Waals surface area contributed by atoms with Crippen molar-refractivity contribution in [2.24, 2.45) is 5.92 Å². The van der Waals surface area contributed by atoms with E-state index in [4.69, 9.17) is 21.1 Å². The van der Waals surface area contributed by atoms with Crippen molar-refractivity contribution in [2.45, 2.75) is 26.7 Å². The molecule has 0 bridgehead atoms. The maximum Gasteiger partial charge on any atom is 0.337 e. The number of halogens is 1. The van der Waals surface area contributed by atoms with Crippen molar-refractivity contribution in [3.8, 4) is 0 Å². The van der Waals surface area contributed by atoms with Gasteiger partial charge in [-0.1, -0.05) is 18.7 Å². The summed E-state index contributed by atoms with van der Waals surface area (Å²) in [5.74, 6) is -0.905. The Kier molecular flexibility index (Phi) is 9.90. The van der Waals surface area contributed by atoms with Crippen LogP contribution in [0, 0.1) is 5.92 Å². The quantitative estimate of drug-likeness (QED) is 0.283. The van der Waals surface area contributed by atoms with Crippen molar-refractivity contribution in [1.82, 2.24) is 0 Å². The van der Waals surface area contributed by atoms with Gasteiger partial charge in [0.1, 0.15) is 0 Å². The van der Waals surface area contributed by atoms with Gasteiger partial charge in [-0.05, 0) is 26.7 Å². The van der Waals surface area contributed by atoms with E-state index >= 15 is 0 Å². The molecule has 0 radical (unpaired) electrons. The normalized spacial score (nSPS) is 12.7. The second kappa shape index (κ2) is 10.6. The summed E-state index contributed by atoms with van der Waals surface area (Å²) in [7, 11) is 0. The average molecular weight is 289 g/mol. The van der Waals surface area contributed by atoms with E-state index in [0.717, 1.165) is 0 Å². The zero-order valence-corrected chi connectivity index (χ0v) is 12.2. The third kappa shape index (κ3) is 7.01. The molecule has 1 atom stereocenters. The lowest BCUT2D eigenvalue weighted by atomic mass is 10.0. The number of esters is 2. The van der Waals surface area contributed by atoms with Gasteiger partial charge >= 0.3 is 11.9 Å². The van der Waals surface area contributed by atoms with Crippen LogP contribution in [-0.2, 0) is 19.1 Å². The number of carbonyl (C=O) groups is 2. The summed E-state index contributed by atoms with van der Waals surface area (Å²) in [4.78, 5) is 23.4. The molecule has 0 heterocycles. The third-order valence-electron chi connectivity index (χ3n) is 2.35. The summed E-state index contributed by atoms with van der Waals surface area (Å²) in [6.45, 7) is 7.58. The van der Waals surface area contributed by atoms with Crippen molar-refractivity contribution in [1.29, 1.82) is 0 Å². The molecule has 0 aromatic carbocycles. The fourth-order valence-electron chi connectivity index (χ4n) is 1.47. The molecule has 0 N–H and O–H groups in total. The minimum absolute atomic E-state index is 0.273. The first kappa shape index (κ1) is 17.7. The highest BCUT2D eigenvalue weighted by Gasteiger charge is 2.19. The van der Waals surface area contributed by atoms with Crippen LogP contribution in [-0.4, -0.2) is 31.0 Å². The zero-order valence-electron chi connectivity index (χ0n) is 11.5. The Morgan fingerprint density at radius 2 is 1.89 bits per heavy atom. The van der Waals surface area contributed by atoms with Gasteiger partial charge in [0.05, 0.1) is 24.7 Å². The van der Waals surface area contributed by atoms with E-state index in [-0.39, 0.29) is 18.1 Å². The maximum atomic E-state index is 11.8. The molecule has 0 spiro atoms. The van der Waals surface area contributed by atoms with Crippen molar-refractivity contribution in [2.75, 3.05) is 19.1 Å². The van der Waals surface area contributed by atoms with Gasteiger partial charge in [-0.2, -0.15) is 0 Å². The van der Waals surface area contributed by atoms with Crippen LogP contribution < -0.4 is 0 Å². The first-order valence-corrected chi connectivity index (χ1v) is 6.88. The lowest BCUT2D eigenvalue weighted by molar-refractivity contribution is -0.146. The molecule has 0 aliphatic heterocycles. The first-order valence-electron chi connectivity index (χ1n) is 6.34. The van der Waals surface area contributed by atoms with Crippen LogP contribution >= 0.6 is 11.6 Å². The van der Waals surface area contributed by atoms with E-state index in [1.165, 1.54) is 12.2 Å². The van der Waals surface area contributed by atoms with E-state index < -0.39 is 11.9 Å². The Hall–Kier alpha value is -1.29. The van der Waals surface area contributed by atoms with Gasteiger partial charge in [0.15, 0.2) is 0 Å².